The zero-order chi connectivity index (χ0) is 19.1. The fourth-order valence-corrected chi connectivity index (χ4v) is 4.07. The molecule has 0 saturated heterocycles. The van der Waals surface area contributed by atoms with Crippen LogP contribution >= 0.6 is 11.3 Å². The van der Waals surface area contributed by atoms with Crippen molar-refractivity contribution in [2.24, 2.45) is 0 Å². The summed E-state index contributed by atoms with van der Waals surface area (Å²) in [6, 6.07) is 21.7. The lowest BCUT2D eigenvalue weighted by Crippen LogP contribution is -2.09. The average Bonchev–Trinajstić information content (AvgIpc) is 3.32. The third-order valence-electron chi connectivity index (χ3n) is 4.51. The Kier molecular flexibility index (Phi) is 3.91. The molecule has 4 nitrogen and oxygen atoms in total. The van der Waals surface area contributed by atoms with Gasteiger partial charge in [-0.15, -0.1) is 11.3 Å². The zero-order valence-electron chi connectivity index (χ0n) is 14.6. The monoisotopic (exact) mass is 387 g/mol. The number of hydrogen-bond acceptors (Lipinski definition) is 3. The zero-order valence-corrected chi connectivity index (χ0v) is 15.4. The van der Waals surface area contributed by atoms with Crippen LogP contribution in [0, 0.1) is 5.82 Å². The van der Waals surface area contributed by atoms with Gasteiger partial charge in [-0.3, -0.25) is 4.79 Å². The van der Waals surface area contributed by atoms with Crippen LogP contribution in [-0.4, -0.2) is 15.9 Å². The lowest BCUT2D eigenvalue weighted by molar-refractivity contribution is 0.103. The number of benzene rings is 3. The molecule has 0 bridgehead atoms. The van der Waals surface area contributed by atoms with Gasteiger partial charge in [-0.05, 0) is 60.0 Å². The lowest BCUT2D eigenvalue weighted by Gasteiger charge is -2.04. The number of amides is 1. The molecule has 3 aromatic carbocycles. The standard InChI is InChI=1S/C22H14FN3OS/c23-15-7-10-17-18(12-15)26-21(25-17)13-5-8-16(9-6-13)24-22(27)20-11-14-3-1-2-4-19(14)28-20/h1-12H,(H,24,27)(H,25,26). The van der Waals surface area contributed by atoms with Crippen molar-refractivity contribution in [1.82, 2.24) is 9.97 Å². The molecule has 136 valence electrons. The number of fused-ring (bicyclic) bond motifs is 2. The Labute approximate surface area is 163 Å². The maximum absolute atomic E-state index is 13.3. The topological polar surface area (TPSA) is 57.8 Å². The first-order valence-electron chi connectivity index (χ1n) is 8.71. The second kappa shape index (κ2) is 6.58. The molecular weight excluding hydrogens is 373 g/mol. The molecule has 5 rings (SSSR count). The summed E-state index contributed by atoms with van der Waals surface area (Å²) in [6.45, 7) is 0. The first-order chi connectivity index (χ1) is 13.7. The summed E-state index contributed by atoms with van der Waals surface area (Å²) in [4.78, 5) is 20.8. The first-order valence-corrected chi connectivity index (χ1v) is 9.53. The minimum absolute atomic E-state index is 0.131. The van der Waals surface area contributed by atoms with E-state index in [0.717, 1.165) is 15.6 Å². The minimum atomic E-state index is -0.304. The molecule has 2 aromatic heterocycles. The van der Waals surface area contributed by atoms with E-state index in [0.29, 0.717) is 27.4 Å². The number of aromatic amines is 1. The van der Waals surface area contributed by atoms with Crippen LogP contribution in [0.5, 0.6) is 0 Å². The van der Waals surface area contributed by atoms with E-state index in [4.69, 9.17) is 0 Å². The van der Waals surface area contributed by atoms with Crippen molar-refractivity contribution in [3.05, 3.63) is 83.5 Å². The van der Waals surface area contributed by atoms with E-state index < -0.39 is 0 Å². The van der Waals surface area contributed by atoms with Gasteiger partial charge in [-0.2, -0.15) is 0 Å². The summed E-state index contributed by atoms with van der Waals surface area (Å²) >= 11 is 1.47. The van der Waals surface area contributed by atoms with Crippen LogP contribution in [0.25, 0.3) is 32.5 Å². The number of imidazole rings is 1. The third kappa shape index (κ3) is 3.04. The number of H-pyrrole nitrogens is 1. The Morgan fingerprint density at radius 1 is 1.00 bits per heavy atom. The molecule has 0 atom stereocenters. The average molecular weight is 387 g/mol. The molecule has 0 aliphatic carbocycles. The van der Waals surface area contributed by atoms with Gasteiger partial charge < -0.3 is 10.3 Å². The van der Waals surface area contributed by atoms with Crippen LogP contribution in [0.4, 0.5) is 10.1 Å². The van der Waals surface area contributed by atoms with Crippen molar-refractivity contribution in [2.75, 3.05) is 5.32 Å². The number of thiophene rings is 1. The van der Waals surface area contributed by atoms with Crippen LogP contribution in [0.1, 0.15) is 9.67 Å². The number of carbonyl (C=O) groups excluding carboxylic acids is 1. The number of nitrogens with zero attached hydrogens (tertiary/aromatic N) is 1. The molecule has 2 heterocycles. The van der Waals surface area contributed by atoms with Crippen LogP contribution < -0.4 is 5.32 Å². The number of halogens is 1. The van der Waals surface area contributed by atoms with E-state index in [1.807, 2.05) is 54.6 Å². The predicted molar refractivity (Wildman–Crippen MR) is 111 cm³/mol. The number of aromatic nitrogens is 2. The second-order valence-corrected chi connectivity index (χ2v) is 7.51. The van der Waals surface area contributed by atoms with Gasteiger partial charge in [0.05, 0.1) is 15.9 Å². The van der Waals surface area contributed by atoms with Crippen molar-refractivity contribution in [1.29, 1.82) is 0 Å². The highest BCUT2D eigenvalue weighted by molar-refractivity contribution is 7.20. The molecule has 1 amide bonds. The highest BCUT2D eigenvalue weighted by atomic mass is 32.1. The molecule has 0 unspecified atom stereocenters. The lowest BCUT2D eigenvalue weighted by atomic mass is 10.2. The SMILES string of the molecule is O=C(Nc1ccc(-c2nc3ccc(F)cc3[nH]2)cc1)c1cc2ccccc2s1. The normalized spacial score (nSPS) is 11.2. The van der Waals surface area contributed by atoms with Gasteiger partial charge in [-0.1, -0.05) is 18.2 Å². The molecule has 6 heteroatoms. The van der Waals surface area contributed by atoms with Crippen LogP contribution in [0.2, 0.25) is 0 Å². The van der Waals surface area contributed by atoms with E-state index in [1.54, 1.807) is 6.07 Å². The quantitative estimate of drug-likeness (QED) is 0.409. The van der Waals surface area contributed by atoms with E-state index in [1.165, 1.54) is 23.5 Å². The minimum Gasteiger partial charge on any atom is -0.338 e. The van der Waals surface area contributed by atoms with Gasteiger partial charge in [0.1, 0.15) is 11.6 Å². The molecule has 0 saturated carbocycles. The van der Waals surface area contributed by atoms with Gasteiger partial charge >= 0.3 is 0 Å². The Bertz CT molecular complexity index is 1290. The molecule has 2 N–H and O–H groups in total. The fraction of sp³-hybridized carbons (Fsp3) is 0. The predicted octanol–water partition coefficient (Wildman–Crippen LogP) is 5.84. The highest BCUT2D eigenvalue weighted by Crippen LogP contribution is 2.27. The number of carbonyl (C=O) groups is 1. The molecular formula is C22H14FN3OS. The van der Waals surface area contributed by atoms with Gasteiger partial charge in [0.15, 0.2) is 0 Å². The fourth-order valence-electron chi connectivity index (χ4n) is 3.12. The number of nitrogens with one attached hydrogen (secondary N) is 2. The smallest absolute Gasteiger partial charge is 0.265 e. The van der Waals surface area contributed by atoms with Gasteiger partial charge in [0, 0.05) is 16.0 Å². The van der Waals surface area contributed by atoms with Crippen molar-refractivity contribution >= 4 is 44.1 Å². The summed E-state index contributed by atoms with van der Waals surface area (Å²) in [5.74, 6) is 0.221. The molecule has 0 radical (unpaired) electrons. The second-order valence-electron chi connectivity index (χ2n) is 6.43. The number of rotatable bonds is 3. The van der Waals surface area contributed by atoms with Crippen LogP contribution in [0.15, 0.2) is 72.8 Å². The molecule has 0 aliphatic rings. The van der Waals surface area contributed by atoms with E-state index in [-0.39, 0.29) is 11.7 Å². The summed E-state index contributed by atoms with van der Waals surface area (Å²) in [7, 11) is 0. The van der Waals surface area contributed by atoms with E-state index in [2.05, 4.69) is 15.3 Å². The maximum Gasteiger partial charge on any atom is 0.265 e. The Morgan fingerprint density at radius 3 is 2.64 bits per heavy atom. The summed E-state index contributed by atoms with van der Waals surface area (Å²) in [6.07, 6.45) is 0. The molecule has 0 spiro atoms. The van der Waals surface area contributed by atoms with E-state index in [9.17, 15) is 9.18 Å². The third-order valence-corrected chi connectivity index (χ3v) is 5.62. The molecule has 0 aliphatic heterocycles. The van der Waals surface area contributed by atoms with Crippen molar-refractivity contribution in [3.63, 3.8) is 0 Å². The Balaban J connectivity index is 1.37. The summed E-state index contributed by atoms with van der Waals surface area (Å²) in [5.41, 5.74) is 2.92. The van der Waals surface area contributed by atoms with Crippen molar-refractivity contribution in [2.45, 2.75) is 0 Å². The van der Waals surface area contributed by atoms with Crippen LogP contribution in [0.3, 0.4) is 0 Å². The first kappa shape index (κ1) is 16.6. The molecule has 0 fully saturated rings. The van der Waals surface area contributed by atoms with E-state index >= 15 is 0 Å². The molecule has 5 aromatic rings. The van der Waals surface area contributed by atoms with Gasteiger partial charge in [0.25, 0.3) is 5.91 Å². The maximum atomic E-state index is 13.3. The van der Waals surface area contributed by atoms with Crippen molar-refractivity contribution < 1.29 is 9.18 Å². The van der Waals surface area contributed by atoms with Gasteiger partial charge in [0.2, 0.25) is 0 Å². The number of anilines is 1. The highest BCUT2D eigenvalue weighted by Gasteiger charge is 2.11. The summed E-state index contributed by atoms with van der Waals surface area (Å²) < 4.78 is 14.4. The summed E-state index contributed by atoms with van der Waals surface area (Å²) in [5, 5.41) is 3.99. The van der Waals surface area contributed by atoms with Gasteiger partial charge in [-0.25, -0.2) is 9.37 Å². The Morgan fingerprint density at radius 2 is 1.82 bits per heavy atom. The Hall–Kier alpha value is -3.51. The van der Waals surface area contributed by atoms with Crippen molar-refractivity contribution in [3.8, 4) is 11.4 Å². The van der Waals surface area contributed by atoms with Crippen LogP contribution in [-0.2, 0) is 0 Å². The number of hydrogen-bond donors (Lipinski definition) is 2. The largest absolute Gasteiger partial charge is 0.338 e. The molecule has 28 heavy (non-hydrogen) atoms.